The standard InChI is InChI=1S/C12H8I2N2O4/c13-11(15(17)18)7-3-1-5-9(11)10-6-2-4-8-12(10,14)16(19)20/h1-8H. The molecule has 2 aliphatic carbocycles. The molecule has 0 aromatic rings. The summed E-state index contributed by atoms with van der Waals surface area (Å²) in [4.78, 5) is 21.9. The lowest BCUT2D eigenvalue weighted by Gasteiger charge is -2.26. The van der Waals surface area contributed by atoms with E-state index in [1.807, 2.05) is 0 Å². The molecule has 0 amide bonds. The number of hydrogen-bond donors (Lipinski definition) is 0. The van der Waals surface area contributed by atoms with Crippen LogP contribution in [0, 0.1) is 20.2 Å². The van der Waals surface area contributed by atoms with Crippen LogP contribution in [0.5, 0.6) is 0 Å². The van der Waals surface area contributed by atoms with Crippen LogP contribution in [0.3, 0.4) is 0 Å². The van der Waals surface area contributed by atoms with Gasteiger partial charge >= 0.3 is 7.09 Å². The van der Waals surface area contributed by atoms with E-state index in [0.29, 0.717) is 11.1 Å². The van der Waals surface area contributed by atoms with E-state index in [2.05, 4.69) is 0 Å². The summed E-state index contributed by atoms with van der Waals surface area (Å²) >= 11 is 3.41. The van der Waals surface area contributed by atoms with Gasteiger partial charge in [0.15, 0.2) is 0 Å². The van der Waals surface area contributed by atoms with E-state index in [1.54, 1.807) is 81.6 Å². The molecule has 6 nitrogen and oxygen atoms in total. The van der Waals surface area contributed by atoms with Crippen molar-refractivity contribution < 1.29 is 9.85 Å². The number of halogens is 2. The predicted molar refractivity (Wildman–Crippen MR) is 91.1 cm³/mol. The topological polar surface area (TPSA) is 86.3 Å². The van der Waals surface area contributed by atoms with E-state index >= 15 is 0 Å². The second-order valence-corrected chi connectivity index (χ2v) is 7.41. The highest BCUT2D eigenvalue weighted by molar-refractivity contribution is 14.1. The summed E-state index contributed by atoms with van der Waals surface area (Å²) < 4.78 is -2.99. The van der Waals surface area contributed by atoms with Crippen molar-refractivity contribution in [3.8, 4) is 0 Å². The Morgan fingerprint density at radius 3 is 1.45 bits per heavy atom. The first-order valence-corrected chi connectivity index (χ1v) is 7.62. The van der Waals surface area contributed by atoms with Crippen molar-refractivity contribution in [2.24, 2.45) is 0 Å². The number of nitrogens with zero attached hydrogens (tertiary/aromatic N) is 2. The molecule has 0 aromatic carbocycles. The molecular formula is C12H8I2N2O4. The lowest BCUT2D eigenvalue weighted by molar-refractivity contribution is -0.512. The summed E-state index contributed by atoms with van der Waals surface area (Å²) in [6.07, 6.45) is 12.4. The number of hydrogen-bond acceptors (Lipinski definition) is 4. The van der Waals surface area contributed by atoms with Crippen LogP contribution in [0.2, 0.25) is 0 Å². The van der Waals surface area contributed by atoms with Crippen LogP contribution < -0.4 is 0 Å². The van der Waals surface area contributed by atoms with Crippen LogP contribution in [-0.4, -0.2) is 16.9 Å². The van der Waals surface area contributed by atoms with Crippen molar-refractivity contribution >= 4 is 45.2 Å². The summed E-state index contributed by atoms with van der Waals surface area (Å²) in [5, 5.41) is 22.7. The van der Waals surface area contributed by atoms with E-state index in [0.717, 1.165) is 0 Å². The molecule has 0 aliphatic heterocycles. The van der Waals surface area contributed by atoms with Gasteiger partial charge in [-0.1, -0.05) is 36.5 Å². The molecule has 2 atom stereocenters. The van der Waals surface area contributed by atoms with Gasteiger partial charge in [-0.15, -0.1) is 0 Å². The lowest BCUT2D eigenvalue weighted by atomic mass is 9.90. The van der Waals surface area contributed by atoms with E-state index in [4.69, 9.17) is 0 Å². The Labute approximate surface area is 141 Å². The SMILES string of the molecule is O=[N+]([O-])C1(I)C=CC=CC1=C1C=CC=CC1(I)[N+](=O)[O-]. The zero-order valence-corrected chi connectivity index (χ0v) is 14.2. The lowest BCUT2D eigenvalue weighted by Crippen LogP contribution is -2.38. The highest BCUT2D eigenvalue weighted by Gasteiger charge is 2.50. The Kier molecular flexibility index (Phi) is 4.14. The Balaban J connectivity index is 2.72. The monoisotopic (exact) mass is 498 g/mol. The van der Waals surface area contributed by atoms with Gasteiger partial charge < -0.3 is 0 Å². The zero-order valence-electron chi connectivity index (χ0n) is 9.90. The molecule has 0 radical (unpaired) electrons. The molecular weight excluding hydrogens is 490 g/mol. The second-order valence-electron chi connectivity index (χ2n) is 4.12. The molecule has 2 aliphatic rings. The minimum Gasteiger partial charge on any atom is -0.262 e. The Hall–Kier alpha value is -1.04. The Bertz CT molecular complexity index is 581. The zero-order chi connectivity index (χ0) is 15.0. The van der Waals surface area contributed by atoms with Crippen molar-refractivity contribution in [3.05, 3.63) is 80.0 Å². The van der Waals surface area contributed by atoms with E-state index in [-0.39, 0.29) is 0 Å². The highest BCUT2D eigenvalue weighted by atomic mass is 127. The van der Waals surface area contributed by atoms with Gasteiger partial charge in [-0.25, -0.2) is 0 Å². The molecule has 2 unspecified atom stereocenters. The van der Waals surface area contributed by atoms with Gasteiger partial charge in [-0.3, -0.25) is 20.2 Å². The smallest absolute Gasteiger partial charge is 0.262 e. The van der Waals surface area contributed by atoms with E-state index in [9.17, 15) is 20.2 Å². The first-order valence-electron chi connectivity index (χ1n) is 5.46. The van der Waals surface area contributed by atoms with Gasteiger partial charge in [0.25, 0.3) is 0 Å². The first kappa shape index (κ1) is 15.4. The van der Waals surface area contributed by atoms with Gasteiger partial charge in [-0.05, 0) is 0 Å². The average molecular weight is 498 g/mol. The molecule has 0 spiro atoms. The summed E-state index contributed by atoms with van der Waals surface area (Å²) in [7, 11) is 0. The second kappa shape index (κ2) is 5.39. The third kappa shape index (κ3) is 2.34. The maximum Gasteiger partial charge on any atom is 0.313 e. The fourth-order valence-corrected chi connectivity index (χ4v) is 3.31. The van der Waals surface area contributed by atoms with Crippen LogP contribution in [0.15, 0.2) is 59.8 Å². The molecule has 0 bridgehead atoms. The Morgan fingerprint density at radius 2 is 1.15 bits per heavy atom. The number of alkyl halides is 2. The molecule has 0 saturated carbocycles. The quantitative estimate of drug-likeness (QED) is 0.192. The molecule has 0 saturated heterocycles. The number of rotatable bonds is 2. The highest BCUT2D eigenvalue weighted by Crippen LogP contribution is 2.43. The molecule has 2 rings (SSSR count). The first-order chi connectivity index (χ1) is 9.32. The van der Waals surface area contributed by atoms with Gasteiger partial charge in [0.2, 0.25) is 0 Å². The molecule has 8 heteroatoms. The van der Waals surface area contributed by atoms with Gasteiger partial charge in [0.05, 0.1) is 11.1 Å². The van der Waals surface area contributed by atoms with Crippen molar-refractivity contribution in [2.45, 2.75) is 7.09 Å². The largest absolute Gasteiger partial charge is 0.313 e. The molecule has 0 aromatic heterocycles. The normalized spacial score (nSPS) is 35.3. The van der Waals surface area contributed by atoms with Crippen molar-refractivity contribution in [1.29, 1.82) is 0 Å². The summed E-state index contributed by atoms with van der Waals surface area (Å²) in [6, 6.07) is 0. The third-order valence-corrected chi connectivity index (χ3v) is 5.63. The third-order valence-electron chi connectivity index (χ3n) is 2.96. The maximum atomic E-state index is 11.4. The molecule has 0 heterocycles. The van der Waals surface area contributed by atoms with Crippen LogP contribution >= 0.6 is 45.2 Å². The molecule has 0 N–H and O–H groups in total. The average Bonchev–Trinajstić information content (AvgIpc) is 2.40. The minimum atomic E-state index is -1.50. The summed E-state index contributed by atoms with van der Waals surface area (Å²) in [6.45, 7) is 0. The number of nitro groups is 2. The van der Waals surface area contributed by atoms with Crippen molar-refractivity contribution in [3.63, 3.8) is 0 Å². The minimum absolute atomic E-state index is 0.317. The Morgan fingerprint density at radius 1 is 0.800 bits per heavy atom. The molecule has 104 valence electrons. The predicted octanol–water partition coefficient (Wildman–Crippen LogP) is 3.35. The summed E-state index contributed by atoms with van der Waals surface area (Å²) in [5.74, 6) is 0. The van der Waals surface area contributed by atoms with Crippen LogP contribution in [0.4, 0.5) is 0 Å². The van der Waals surface area contributed by atoms with Crippen LogP contribution in [0.25, 0.3) is 0 Å². The van der Waals surface area contributed by atoms with Crippen LogP contribution in [0.1, 0.15) is 0 Å². The summed E-state index contributed by atoms with van der Waals surface area (Å²) in [5.41, 5.74) is 0.634. The van der Waals surface area contributed by atoms with Crippen molar-refractivity contribution in [2.75, 3.05) is 0 Å². The molecule has 0 fully saturated rings. The fraction of sp³-hybridized carbons (Fsp3) is 0.167. The van der Waals surface area contributed by atoms with Gasteiger partial charge in [0, 0.05) is 67.2 Å². The van der Waals surface area contributed by atoms with E-state index in [1.165, 1.54) is 12.2 Å². The molecule has 20 heavy (non-hydrogen) atoms. The van der Waals surface area contributed by atoms with Gasteiger partial charge in [-0.2, -0.15) is 0 Å². The van der Waals surface area contributed by atoms with Gasteiger partial charge in [0.1, 0.15) is 0 Å². The number of allylic oxidation sites excluding steroid dienone is 4. The van der Waals surface area contributed by atoms with Crippen molar-refractivity contribution in [1.82, 2.24) is 0 Å². The van der Waals surface area contributed by atoms with Crippen LogP contribution in [-0.2, 0) is 0 Å². The fourth-order valence-electron chi connectivity index (χ4n) is 1.96. The van der Waals surface area contributed by atoms with E-state index < -0.39 is 16.9 Å². The maximum absolute atomic E-state index is 11.4.